The Labute approximate surface area is 185 Å². The van der Waals surface area contributed by atoms with Crippen LogP contribution in [-0.4, -0.2) is 70.2 Å². The largest absolute Gasteiger partial charge is 0.352 e. The van der Waals surface area contributed by atoms with Gasteiger partial charge in [-0.3, -0.25) is 14.5 Å². The molecule has 2 aliphatic heterocycles. The molecule has 2 aromatic rings. The summed E-state index contributed by atoms with van der Waals surface area (Å²) in [6, 6.07) is 5.51. The molecule has 162 valence electrons. The SMILES string of the molecule is Cc1cc(C2CCCN2CC(=O)N2CCN(c3ncc(C#N)cc3Cl)CC2)n[nH]c1=O. The lowest BCUT2D eigenvalue weighted by molar-refractivity contribution is -0.133. The first kappa shape index (κ1) is 21.3. The second-order valence-electron chi connectivity index (χ2n) is 7.94. The first-order chi connectivity index (χ1) is 15.0. The van der Waals surface area contributed by atoms with Crippen LogP contribution in [0.2, 0.25) is 5.02 Å². The van der Waals surface area contributed by atoms with Gasteiger partial charge in [0.15, 0.2) is 0 Å². The van der Waals surface area contributed by atoms with Crippen LogP contribution in [0.3, 0.4) is 0 Å². The molecule has 2 saturated heterocycles. The average Bonchev–Trinajstić information content (AvgIpc) is 3.23. The highest BCUT2D eigenvalue weighted by Crippen LogP contribution is 2.30. The number of nitrogens with zero attached hydrogens (tertiary/aromatic N) is 6. The third-order valence-electron chi connectivity index (χ3n) is 5.94. The van der Waals surface area contributed by atoms with Gasteiger partial charge in [0.2, 0.25) is 5.91 Å². The summed E-state index contributed by atoms with van der Waals surface area (Å²) in [5.74, 6) is 0.735. The summed E-state index contributed by atoms with van der Waals surface area (Å²) in [7, 11) is 0. The number of carbonyl (C=O) groups excluding carboxylic acids is 1. The van der Waals surface area contributed by atoms with Crippen LogP contribution in [-0.2, 0) is 4.79 Å². The van der Waals surface area contributed by atoms with E-state index < -0.39 is 0 Å². The molecule has 4 rings (SSSR count). The van der Waals surface area contributed by atoms with E-state index in [9.17, 15) is 9.59 Å². The smallest absolute Gasteiger partial charge is 0.267 e. The minimum absolute atomic E-state index is 0.0439. The van der Waals surface area contributed by atoms with Crippen LogP contribution >= 0.6 is 11.6 Å². The number of likely N-dealkylation sites (tertiary alicyclic amines) is 1. The summed E-state index contributed by atoms with van der Waals surface area (Å²) in [5.41, 5.74) is 1.69. The van der Waals surface area contributed by atoms with Gasteiger partial charge in [-0.2, -0.15) is 10.4 Å². The standard InChI is InChI=1S/C21H24ClN7O2/c1-14-9-17(25-26-21(14)31)18-3-2-4-29(18)13-19(30)27-5-7-28(8-6-27)20-16(22)10-15(11-23)12-24-20/h9-10,12,18H,2-8,13H2,1H3,(H,26,31). The van der Waals surface area contributed by atoms with Crippen molar-refractivity contribution < 1.29 is 4.79 Å². The number of aryl methyl sites for hydroxylation is 1. The summed E-state index contributed by atoms with van der Waals surface area (Å²) in [5, 5.41) is 16.2. The molecule has 0 radical (unpaired) electrons. The van der Waals surface area contributed by atoms with E-state index in [-0.39, 0.29) is 17.5 Å². The molecule has 2 aromatic heterocycles. The molecule has 1 unspecified atom stereocenters. The number of aromatic nitrogens is 3. The van der Waals surface area contributed by atoms with Gasteiger partial charge in [0, 0.05) is 37.9 Å². The molecule has 2 aliphatic rings. The van der Waals surface area contributed by atoms with Crippen molar-refractivity contribution in [2.24, 2.45) is 0 Å². The van der Waals surface area contributed by atoms with Crippen molar-refractivity contribution in [1.82, 2.24) is 25.0 Å². The van der Waals surface area contributed by atoms with Crippen LogP contribution < -0.4 is 10.5 Å². The lowest BCUT2D eigenvalue weighted by Crippen LogP contribution is -2.51. The number of H-pyrrole nitrogens is 1. The average molecular weight is 442 g/mol. The maximum atomic E-state index is 13.0. The van der Waals surface area contributed by atoms with Crippen LogP contribution in [0, 0.1) is 18.3 Å². The number of pyridine rings is 1. The number of nitriles is 1. The predicted octanol–water partition coefficient (Wildman–Crippen LogP) is 1.48. The lowest BCUT2D eigenvalue weighted by atomic mass is 10.1. The molecular weight excluding hydrogens is 418 g/mol. The van der Waals surface area contributed by atoms with E-state index >= 15 is 0 Å². The Balaban J connectivity index is 1.36. The Morgan fingerprint density at radius 1 is 1.29 bits per heavy atom. The van der Waals surface area contributed by atoms with Gasteiger partial charge in [0.25, 0.3) is 5.56 Å². The molecule has 0 spiro atoms. The molecule has 2 fully saturated rings. The number of halogens is 1. The Kier molecular flexibility index (Phi) is 6.20. The van der Waals surface area contributed by atoms with Gasteiger partial charge >= 0.3 is 0 Å². The van der Waals surface area contributed by atoms with E-state index in [1.807, 2.05) is 21.9 Å². The second-order valence-corrected chi connectivity index (χ2v) is 8.35. The Morgan fingerprint density at radius 3 is 2.74 bits per heavy atom. The van der Waals surface area contributed by atoms with Gasteiger partial charge in [-0.1, -0.05) is 11.6 Å². The zero-order chi connectivity index (χ0) is 22.0. The lowest BCUT2D eigenvalue weighted by Gasteiger charge is -2.36. The van der Waals surface area contributed by atoms with Gasteiger partial charge in [0.1, 0.15) is 11.9 Å². The molecule has 0 aromatic carbocycles. The molecule has 0 bridgehead atoms. The third kappa shape index (κ3) is 4.55. The van der Waals surface area contributed by atoms with E-state index in [0.29, 0.717) is 54.7 Å². The molecule has 10 heteroatoms. The van der Waals surface area contributed by atoms with Crippen molar-refractivity contribution in [2.75, 3.05) is 44.2 Å². The predicted molar refractivity (Wildman–Crippen MR) is 116 cm³/mol. The van der Waals surface area contributed by atoms with Crippen molar-refractivity contribution >= 4 is 23.3 Å². The number of carbonyl (C=O) groups is 1. The third-order valence-corrected chi connectivity index (χ3v) is 6.21. The number of anilines is 1. The molecule has 0 aliphatic carbocycles. The van der Waals surface area contributed by atoms with Crippen molar-refractivity contribution in [2.45, 2.75) is 25.8 Å². The first-order valence-electron chi connectivity index (χ1n) is 10.3. The van der Waals surface area contributed by atoms with Crippen molar-refractivity contribution in [3.05, 3.63) is 50.5 Å². The molecule has 31 heavy (non-hydrogen) atoms. The fraction of sp³-hybridized carbons (Fsp3) is 0.476. The molecule has 1 amide bonds. The van der Waals surface area contributed by atoms with Crippen LogP contribution in [0.4, 0.5) is 5.82 Å². The number of nitrogens with one attached hydrogen (secondary N) is 1. The monoisotopic (exact) mass is 441 g/mol. The number of hydrogen-bond donors (Lipinski definition) is 1. The van der Waals surface area contributed by atoms with E-state index in [4.69, 9.17) is 16.9 Å². The zero-order valence-corrected chi connectivity index (χ0v) is 18.1. The van der Waals surface area contributed by atoms with Crippen LogP contribution in [0.5, 0.6) is 0 Å². The molecule has 0 saturated carbocycles. The molecule has 9 nitrogen and oxygen atoms in total. The van der Waals surface area contributed by atoms with Gasteiger partial charge in [-0.05, 0) is 38.4 Å². The van der Waals surface area contributed by atoms with Crippen molar-refractivity contribution in [1.29, 1.82) is 5.26 Å². The molecule has 1 atom stereocenters. The molecule has 4 heterocycles. The van der Waals surface area contributed by atoms with Crippen LogP contribution in [0.15, 0.2) is 23.1 Å². The first-order valence-corrected chi connectivity index (χ1v) is 10.7. The summed E-state index contributed by atoms with van der Waals surface area (Å²) in [6.07, 6.45) is 3.43. The minimum Gasteiger partial charge on any atom is -0.352 e. The molecular formula is C21H24ClN7O2. The number of piperazine rings is 1. The van der Waals surface area contributed by atoms with Crippen LogP contribution in [0.25, 0.3) is 0 Å². The number of rotatable bonds is 4. The second kappa shape index (κ2) is 9.04. The Bertz CT molecular complexity index is 1070. The highest BCUT2D eigenvalue weighted by molar-refractivity contribution is 6.33. The van der Waals surface area contributed by atoms with E-state index in [2.05, 4.69) is 20.1 Å². The highest BCUT2D eigenvalue weighted by Gasteiger charge is 2.31. The minimum atomic E-state index is -0.181. The summed E-state index contributed by atoms with van der Waals surface area (Å²) in [6.45, 7) is 5.38. The normalized spacial score (nSPS) is 19.5. The van der Waals surface area contributed by atoms with Crippen molar-refractivity contribution in [3.63, 3.8) is 0 Å². The fourth-order valence-corrected chi connectivity index (χ4v) is 4.50. The highest BCUT2D eigenvalue weighted by atomic mass is 35.5. The number of aromatic amines is 1. The van der Waals surface area contributed by atoms with Crippen LogP contribution in [0.1, 0.15) is 35.7 Å². The van der Waals surface area contributed by atoms with Gasteiger partial charge in [0.05, 0.1) is 28.9 Å². The summed E-state index contributed by atoms with van der Waals surface area (Å²) >= 11 is 6.28. The quantitative estimate of drug-likeness (QED) is 0.765. The van der Waals surface area contributed by atoms with E-state index in [0.717, 1.165) is 25.1 Å². The van der Waals surface area contributed by atoms with E-state index in [1.165, 1.54) is 6.20 Å². The maximum absolute atomic E-state index is 13.0. The molecule has 1 N–H and O–H groups in total. The zero-order valence-electron chi connectivity index (χ0n) is 17.3. The maximum Gasteiger partial charge on any atom is 0.267 e. The van der Waals surface area contributed by atoms with Gasteiger partial charge in [-0.15, -0.1) is 0 Å². The Hall–Kier alpha value is -2.96. The topological polar surface area (TPSA) is 109 Å². The Morgan fingerprint density at radius 2 is 2.06 bits per heavy atom. The number of amides is 1. The number of hydrogen-bond acceptors (Lipinski definition) is 7. The van der Waals surface area contributed by atoms with Crippen molar-refractivity contribution in [3.8, 4) is 6.07 Å². The van der Waals surface area contributed by atoms with E-state index in [1.54, 1.807) is 13.0 Å². The summed E-state index contributed by atoms with van der Waals surface area (Å²) in [4.78, 5) is 34.9. The fourth-order valence-electron chi connectivity index (χ4n) is 4.21. The van der Waals surface area contributed by atoms with Gasteiger partial charge < -0.3 is 9.80 Å². The summed E-state index contributed by atoms with van der Waals surface area (Å²) < 4.78 is 0. The van der Waals surface area contributed by atoms with Gasteiger partial charge in [-0.25, -0.2) is 10.1 Å².